The minimum atomic E-state index is -0.0610. The summed E-state index contributed by atoms with van der Waals surface area (Å²) in [6.45, 7) is 4.29. The maximum absolute atomic E-state index is 11.2. The first-order valence-corrected chi connectivity index (χ1v) is 8.25. The Bertz CT molecular complexity index is 643. The molecule has 2 aromatic rings. The SMILES string of the molecule is COC[C@H](Cc1ccccc1)N[C@H](C)c1cccc(NC(C)=O)c1. The lowest BCUT2D eigenvalue weighted by molar-refractivity contribution is -0.114. The van der Waals surface area contributed by atoms with Crippen molar-refractivity contribution in [1.29, 1.82) is 0 Å². The van der Waals surface area contributed by atoms with Crippen LogP contribution in [0.2, 0.25) is 0 Å². The standard InChI is InChI=1S/C20H26N2O2/c1-15(18-10-7-11-19(13-18)22-16(2)23)21-20(14-24-3)12-17-8-5-4-6-9-17/h4-11,13,15,20-21H,12,14H2,1-3H3,(H,22,23)/t15-,20+/m1/s1. The van der Waals surface area contributed by atoms with Gasteiger partial charge in [0, 0.05) is 31.8 Å². The Morgan fingerprint density at radius 1 is 1.12 bits per heavy atom. The zero-order valence-corrected chi connectivity index (χ0v) is 14.6. The second-order valence-electron chi connectivity index (χ2n) is 6.04. The highest BCUT2D eigenvalue weighted by molar-refractivity contribution is 5.88. The van der Waals surface area contributed by atoms with Gasteiger partial charge in [-0.15, -0.1) is 0 Å². The minimum Gasteiger partial charge on any atom is -0.383 e. The number of amides is 1. The highest BCUT2D eigenvalue weighted by Crippen LogP contribution is 2.18. The van der Waals surface area contributed by atoms with Crippen molar-refractivity contribution >= 4 is 11.6 Å². The average molecular weight is 326 g/mol. The lowest BCUT2D eigenvalue weighted by Gasteiger charge is -2.24. The van der Waals surface area contributed by atoms with Crippen molar-refractivity contribution in [3.8, 4) is 0 Å². The summed E-state index contributed by atoms with van der Waals surface area (Å²) >= 11 is 0. The minimum absolute atomic E-state index is 0.0610. The number of nitrogens with one attached hydrogen (secondary N) is 2. The van der Waals surface area contributed by atoms with Crippen LogP contribution in [-0.2, 0) is 16.0 Å². The van der Waals surface area contributed by atoms with E-state index in [2.05, 4.69) is 47.9 Å². The molecule has 4 heteroatoms. The molecule has 0 aliphatic heterocycles. The second kappa shape index (κ2) is 9.21. The van der Waals surface area contributed by atoms with Gasteiger partial charge in [-0.05, 0) is 36.6 Å². The first-order valence-electron chi connectivity index (χ1n) is 8.25. The molecule has 2 atom stereocenters. The molecule has 0 aromatic heterocycles. The molecule has 0 radical (unpaired) electrons. The van der Waals surface area contributed by atoms with E-state index in [9.17, 15) is 4.79 Å². The highest BCUT2D eigenvalue weighted by atomic mass is 16.5. The van der Waals surface area contributed by atoms with Gasteiger partial charge in [-0.2, -0.15) is 0 Å². The van der Waals surface area contributed by atoms with Crippen molar-refractivity contribution in [2.24, 2.45) is 0 Å². The van der Waals surface area contributed by atoms with Crippen LogP contribution in [0.15, 0.2) is 54.6 Å². The third-order valence-electron chi connectivity index (χ3n) is 3.89. The van der Waals surface area contributed by atoms with Crippen molar-refractivity contribution in [3.05, 3.63) is 65.7 Å². The van der Waals surface area contributed by atoms with Gasteiger partial charge in [0.1, 0.15) is 0 Å². The van der Waals surface area contributed by atoms with Gasteiger partial charge in [0.15, 0.2) is 0 Å². The van der Waals surface area contributed by atoms with E-state index in [0.29, 0.717) is 6.61 Å². The van der Waals surface area contributed by atoms with E-state index in [4.69, 9.17) is 4.74 Å². The Labute approximate surface area is 144 Å². The number of anilines is 1. The molecule has 0 aliphatic rings. The van der Waals surface area contributed by atoms with Crippen LogP contribution in [0.4, 0.5) is 5.69 Å². The van der Waals surface area contributed by atoms with E-state index in [1.54, 1.807) is 7.11 Å². The van der Waals surface area contributed by atoms with Crippen LogP contribution in [0.3, 0.4) is 0 Å². The van der Waals surface area contributed by atoms with Crippen LogP contribution in [0.5, 0.6) is 0 Å². The molecule has 0 spiro atoms. The maximum atomic E-state index is 11.2. The summed E-state index contributed by atoms with van der Waals surface area (Å²) < 4.78 is 5.37. The molecule has 0 saturated heterocycles. The van der Waals surface area contributed by atoms with E-state index < -0.39 is 0 Å². The smallest absolute Gasteiger partial charge is 0.221 e. The van der Waals surface area contributed by atoms with Crippen LogP contribution < -0.4 is 10.6 Å². The molecule has 24 heavy (non-hydrogen) atoms. The molecule has 0 fully saturated rings. The topological polar surface area (TPSA) is 50.4 Å². The van der Waals surface area contributed by atoms with E-state index in [0.717, 1.165) is 17.7 Å². The number of carbonyl (C=O) groups excluding carboxylic acids is 1. The Hall–Kier alpha value is -2.17. The quantitative estimate of drug-likeness (QED) is 0.780. The average Bonchev–Trinajstić information content (AvgIpc) is 2.55. The molecule has 4 nitrogen and oxygen atoms in total. The van der Waals surface area contributed by atoms with Crippen LogP contribution in [0, 0.1) is 0 Å². The molecule has 2 aromatic carbocycles. The van der Waals surface area contributed by atoms with Gasteiger partial charge in [0.25, 0.3) is 0 Å². The normalized spacial score (nSPS) is 13.3. The number of methoxy groups -OCH3 is 1. The van der Waals surface area contributed by atoms with E-state index in [-0.39, 0.29) is 18.0 Å². The Balaban J connectivity index is 2.04. The van der Waals surface area contributed by atoms with Crippen molar-refractivity contribution in [2.75, 3.05) is 19.0 Å². The van der Waals surface area contributed by atoms with Crippen molar-refractivity contribution in [3.63, 3.8) is 0 Å². The number of ether oxygens (including phenoxy) is 1. The number of hydrogen-bond donors (Lipinski definition) is 2. The van der Waals surface area contributed by atoms with Crippen LogP contribution >= 0.6 is 0 Å². The zero-order chi connectivity index (χ0) is 17.4. The predicted octanol–water partition coefficient (Wildman–Crippen LogP) is 3.55. The number of benzene rings is 2. The van der Waals surface area contributed by atoms with Crippen LogP contribution in [-0.4, -0.2) is 25.7 Å². The Morgan fingerprint density at radius 3 is 2.54 bits per heavy atom. The van der Waals surface area contributed by atoms with E-state index in [1.165, 1.54) is 12.5 Å². The second-order valence-corrected chi connectivity index (χ2v) is 6.04. The summed E-state index contributed by atoms with van der Waals surface area (Å²) in [6.07, 6.45) is 0.907. The molecule has 0 bridgehead atoms. The van der Waals surface area contributed by atoms with Crippen molar-refractivity contribution in [2.45, 2.75) is 32.4 Å². The summed E-state index contributed by atoms with van der Waals surface area (Å²) in [5.74, 6) is -0.0610. The monoisotopic (exact) mass is 326 g/mol. The van der Waals surface area contributed by atoms with Crippen molar-refractivity contribution in [1.82, 2.24) is 5.32 Å². The third-order valence-corrected chi connectivity index (χ3v) is 3.89. The lowest BCUT2D eigenvalue weighted by atomic mass is 10.0. The van der Waals surface area contributed by atoms with E-state index >= 15 is 0 Å². The number of rotatable bonds is 8. The fraction of sp³-hybridized carbons (Fsp3) is 0.350. The highest BCUT2D eigenvalue weighted by Gasteiger charge is 2.14. The van der Waals surface area contributed by atoms with Gasteiger partial charge >= 0.3 is 0 Å². The Kier molecular flexibility index (Phi) is 6.97. The first kappa shape index (κ1) is 18.2. The van der Waals surface area contributed by atoms with E-state index in [1.807, 2.05) is 24.3 Å². The van der Waals surface area contributed by atoms with Gasteiger partial charge in [-0.1, -0.05) is 42.5 Å². The fourth-order valence-electron chi connectivity index (χ4n) is 2.80. The van der Waals surface area contributed by atoms with Gasteiger partial charge in [-0.3, -0.25) is 4.79 Å². The summed E-state index contributed by atoms with van der Waals surface area (Å²) in [5, 5.41) is 6.45. The molecular weight excluding hydrogens is 300 g/mol. The van der Waals surface area contributed by atoms with Gasteiger partial charge < -0.3 is 15.4 Å². The number of hydrogen-bond acceptors (Lipinski definition) is 3. The molecule has 2 rings (SSSR count). The van der Waals surface area contributed by atoms with Crippen molar-refractivity contribution < 1.29 is 9.53 Å². The molecular formula is C20H26N2O2. The molecule has 0 unspecified atom stereocenters. The van der Waals surface area contributed by atoms with Gasteiger partial charge in [-0.25, -0.2) is 0 Å². The van der Waals surface area contributed by atoms with Crippen LogP contribution in [0.25, 0.3) is 0 Å². The summed E-state index contributed by atoms with van der Waals surface area (Å²) in [7, 11) is 1.72. The van der Waals surface area contributed by atoms with Gasteiger partial charge in [0.2, 0.25) is 5.91 Å². The lowest BCUT2D eigenvalue weighted by Crippen LogP contribution is -2.37. The largest absolute Gasteiger partial charge is 0.383 e. The van der Waals surface area contributed by atoms with Crippen LogP contribution in [0.1, 0.15) is 31.0 Å². The first-order chi connectivity index (χ1) is 11.6. The van der Waals surface area contributed by atoms with Gasteiger partial charge in [0.05, 0.1) is 6.61 Å². The number of carbonyl (C=O) groups is 1. The molecule has 128 valence electrons. The molecule has 1 amide bonds. The maximum Gasteiger partial charge on any atom is 0.221 e. The fourth-order valence-corrected chi connectivity index (χ4v) is 2.80. The summed E-state index contributed by atoms with van der Waals surface area (Å²) in [6, 6.07) is 18.7. The molecule has 0 aliphatic carbocycles. The predicted molar refractivity (Wildman–Crippen MR) is 98.1 cm³/mol. The Morgan fingerprint density at radius 2 is 1.88 bits per heavy atom. The summed E-state index contributed by atoms with van der Waals surface area (Å²) in [4.78, 5) is 11.2. The molecule has 2 N–H and O–H groups in total. The zero-order valence-electron chi connectivity index (χ0n) is 14.6. The molecule has 0 heterocycles. The summed E-state index contributed by atoms with van der Waals surface area (Å²) in [5.41, 5.74) is 3.24. The third kappa shape index (κ3) is 5.80. The molecule has 0 saturated carbocycles.